The minimum absolute atomic E-state index is 0.0945. The Morgan fingerprint density at radius 2 is 2.19 bits per heavy atom. The molecule has 1 aromatic carbocycles. The second kappa shape index (κ2) is 4.83. The molecule has 3 N–H and O–H groups in total. The maximum atomic E-state index is 5.58. The normalized spacial score (nSPS) is 12.4. The molecule has 0 aliphatic carbocycles. The van der Waals surface area contributed by atoms with Gasteiger partial charge >= 0.3 is 0 Å². The van der Waals surface area contributed by atoms with Crippen molar-refractivity contribution in [1.29, 1.82) is 0 Å². The Balaban J connectivity index is 2.37. The standard InChI is InChI=1S/C12H14N4/c1-9-3-2-4-10(7-9)12(16-13)11-5-6-14-8-15-11/h2-8,12,16H,13H2,1H3. The van der Waals surface area contributed by atoms with E-state index in [0.717, 1.165) is 11.3 Å². The Morgan fingerprint density at radius 1 is 1.31 bits per heavy atom. The highest BCUT2D eigenvalue weighted by atomic mass is 15.2. The number of rotatable bonds is 3. The molecule has 82 valence electrons. The minimum Gasteiger partial charge on any atom is -0.271 e. The molecule has 0 spiro atoms. The van der Waals surface area contributed by atoms with Crippen LogP contribution in [0.25, 0.3) is 0 Å². The summed E-state index contributed by atoms with van der Waals surface area (Å²) in [5.74, 6) is 5.58. The van der Waals surface area contributed by atoms with Crippen LogP contribution < -0.4 is 11.3 Å². The second-order valence-corrected chi connectivity index (χ2v) is 3.65. The van der Waals surface area contributed by atoms with Crippen molar-refractivity contribution in [3.05, 3.63) is 59.7 Å². The molecule has 0 fully saturated rings. The molecule has 0 radical (unpaired) electrons. The third-order valence-corrected chi connectivity index (χ3v) is 2.44. The molecule has 2 aromatic rings. The van der Waals surface area contributed by atoms with Crippen LogP contribution in [0.1, 0.15) is 22.9 Å². The summed E-state index contributed by atoms with van der Waals surface area (Å²) in [7, 11) is 0. The molecule has 16 heavy (non-hydrogen) atoms. The monoisotopic (exact) mass is 214 g/mol. The summed E-state index contributed by atoms with van der Waals surface area (Å²) in [5, 5.41) is 0. The van der Waals surface area contributed by atoms with Crippen molar-refractivity contribution in [2.24, 2.45) is 5.84 Å². The predicted molar refractivity (Wildman–Crippen MR) is 62.4 cm³/mol. The molecule has 4 nitrogen and oxygen atoms in total. The van der Waals surface area contributed by atoms with Crippen LogP contribution in [-0.2, 0) is 0 Å². The van der Waals surface area contributed by atoms with Crippen molar-refractivity contribution in [3.63, 3.8) is 0 Å². The molecule has 0 amide bonds. The maximum absolute atomic E-state index is 5.58. The minimum atomic E-state index is -0.0945. The first-order valence-electron chi connectivity index (χ1n) is 5.10. The summed E-state index contributed by atoms with van der Waals surface area (Å²) >= 11 is 0. The van der Waals surface area contributed by atoms with Crippen LogP contribution in [0, 0.1) is 6.92 Å². The summed E-state index contributed by atoms with van der Waals surface area (Å²) in [6.45, 7) is 2.05. The molecule has 4 heteroatoms. The zero-order valence-electron chi connectivity index (χ0n) is 9.09. The second-order valence-electron chi connectivity index (χ2n) is 3.65. The van der Waals surface area contributed by atoms with Gasteiger partial charge in [0.1, 0.15) is 6.33 Å². The van der Waals surface area contributed by atoms with Gasteiger partial charge in [0.25, 0.3) is 0 Å². The molecular formula is C12H14N4. The fraction of sp³-hybridized carbons (Fsp3) is 0.167. The molecule has 0 saturated carbocycles. The average Bonchev–Trinajstić information content (AvgIpc) is 2.31. The maximum Gasteiger partial charge on any atom is 0.115 e. The number of hydrogen-bond acceptors (Lipinski definition) is 4. The quantitative estimate of drug-likeness (QED) is 0.597. The van der Waals surface area contributed by atoms with Crippen LogP contribution in [0.15, 0.2) is 42.9 Å². The van der Waals surface area contributed by atoms with Crippen molar-refractivity contribution in [1.82, 2.24) is 15.4 Å². The van der Waals surface area contributed by atoms with E-state index in [1.54, 1.807) is 6.20 Å². The molecule has 1 atom stereocenters. The van der Waals surface area contributed by atoms with Crippen LogP contribution in [0.3, 0.4) is 0 Å². The Hall–Kier alpha value is -1.78. The molecular weight excluding hydrogens is 200 g/mol. The number of nitrogens with one attached hydrogen (secondary N) is 1. The van der Waals surface area contributed by atoms with E-state index in [-0.39, 0.29) is 6.04 Å². The van der Waals surface area contributed by atoms with Gasteiger partial charge < -0.3 is 0 Å². The van der Waals surface area contributed by atoms with E-state index < -0.39 is 0 Å². The van der Waals surface area contributed by atoms with Gasteiger partial charge in [-0.05, 0) is 18.6 Å². The highest BCUT2D eigenvalue weighted by Gasteiger charge is 2.12. The van der Waals surface area contributed by atoms with Crippen LogP contribution in [0.4, 0.5) is 0 Å². The third-order valence-electron chi connectivity index (χ3n) is 2.44. The number of nitrogens with two attached hydrogens (primary N) is 1. The number of aryl methyl sites for hydroxylation is 1. The van der Waals surface area contributed by atoms with Gasteiger partial charge in [0.05, 0.1) is 11.7 Å². The first-order chi connectivity index (χ1) is 7.81. The summed E-state index contributed by atoms with van der Waals surface area (Å²) in [4.78, 5) is 8.10. The summed E-state index contributed by atoms with van der Waals surface area (Å²) in [6.07, 6.45) is 3.23. The van der Waals surface area contributed by atoms with Gasteiger partial charge in [0.2, 0.25) is 0 Å². The lowest BCUT2D eigenvalue weighted by molar-refractivity contribution is 0.618. The number of hydrogen-bond donors (Lipinski definition) is 2. The number of benzene rings is 1. The van der Waals surface area contributed by atoms with E-state index in [4.69, 9.17) is 5.84 Å². The first kappa shape index (κ1) is 10.7. The first-order valence-corrected chi connectivity index (χ1v) is 5.10. The fourth-order valence-corrected chi connectivity index (χ4v) is 1.67. The molecule has 0 aliphatic rings. The topological polar surface area (TPSA) is 63.8 Å². The van der Waals surface area contributed by atoms with Crippen molar-refractivity contribution in [2.45, 2.75) is 13.0 Å². The smallest absolute Gasteiger partial charge is 0.115 e. The molecule has 1 heterocycles. The van der Waals surface area contributed by atoms with Crippen LogP contribution in [0.2, 0.25) is 0 Å². The zero-order valence-corrected chi connectivity index (χ0v) is 9.09. The molecule has 2 rings (SSSR count). The Morgan fingerprint density at radius 3 is 2.81 bits per heavy atom. The summed E-state index contributed by atoms with van der Waals surface area (Å²) in [6, 6.07) is 9.94. The zero-order chi connectivity index (χ0) is 11.4. The fourth-order valence-electron chi connectivity index (χ4n) is 1.67. The van der Waals surface area contributed by atoms with E-state index >= 15 is 0 Å². The molecule has 0 bridgehead atoms. The highest BCUT2D eigenvalue weighted by molar-refractivity contribution is 5.30. The number of hydrazine groups is 1. The highest BCUT2D eigenvalue weighted by Crippen LogP contribution is 2.19. The van der Waals surface area contributed by atoms with Gasteiger partial charge in [-0.25, -0.2) is 15.4 Å². The average molecular weight is 214 g/mol. The predicted octanol–water partition coefficient (Wildman–Crippen LogP) is 1.34. The van der Waals surface area contributed by atoms with Crippen LogP contribution in [-0.4, -0.2) is 9.97 Å². The number of aromatic nitrogens is 2. The molecule has 0 aliphatic heterocycles. The SMILES string of the molecule is Cc1cccc(C(NN)c2ccncn2)c1. The Labute approximate surface area is 94.5 Å². The van der Waals surface area contributed by atoms with Gasteiger partial charge in [0, 0.05) is 6.20 Å². The lowest BCUT2D eigenvalue weighted by Crippen LogP contribution is -2.29. The van der Waals surface area contributed by atoms with Crippen molar-refractivity contribution < 1.29 is 0 Å². The third kappa shape index (κ3) is 2.24. The number of nitrogens with zero attached hydrogens (tertiary/aromatic N) is 2. The molecule has 1 unspecified atom stereocenters. The van der Waals surface area contributed by atoms with E-state index in [1.807, 2.05) is 18.2 Å². The summed E-state index contributed by atoms with van der Waals surface area (Å²) in [5.41, 5.74) is 5.93. The van der Waals surface area contributed by atoms with Crippen molar-refractivity contribution in [2.75, 3.05) is 0 Å². The Bertz CT molecular complexity index is 456. The largest absolute Gasteiger partial charge is 0.271 e. The lowest BCUT2D eigenvalue weighted by atomic mass is 10.0. The molecule has 0 saturated heterocycles. The van der Waals surface area contributed by atoms with E-state index in [0.29, 0.717) is 0 Å². The van der Waals surface area contributed by atoms with Crippen LogP contribution >= 0.6 is 0 Å². The lowest BCUT2D eigenvalue weighted by Gasteiger charge is -2.15. The molecule has 1 aromatic heterocycles. The van der Waals surface area contributed by atoms with Gasteiger partial charge in [-0.15, -0.1) is 0 Å². The summed E-state index contributed by atoms with van der Waals surface area (Å²) < 4.78 is 0. The van der Waals surface area contributed by atoms with E-state index in [1.165, 1.54) is 11.9 Å². The van der Waals surface area contributed by atoms with Gasteiger partial charge in [-0.1, -0.05) is 29.8 Å². The van der Waals surface area contributed by atoms with Gasteiger partial charge in [-0.3, -0.25) is 5.84 Å². The van der Waals surface area contributed by atoms with Gasteiger partial charge in [-0.2, -0.15) is 0 Å². The van der Waals surface area contributed by atoms with Crippen LogP contribution in [0.5, 0.6) is 0 Å². The Kier molecular flexibility index (Phi) is 3.24. The van der Waals surface area contributed by atoms with E-state index in [9.17, 15) is 0 Å². The van der Waals surface area contributed by atoms with Crippen molar-refractivity contribution >= 4 is 0 Å². The van der Waals surface area contributed by atoms with Gasteiger partial charge in [0.15, 0.2) is 0 Å². The van der Waals surface area contributed by atoms with Crippen molar-refractivity contribution in [3.8, 4) is 0 Å². The van der Waals surface area contributed by atoms with E-state index in [2.05, 4.69) is 34.5 Å².